The predicted octanol–water partition coefficient (Wildman–Crippen LogP) is 5.82. The third kappa shape index (κ3) is 3.25. The van der Waals surface area contributed by atoms with Crippen LogP contribution in [0.4, 0.5) is 10.7 Å². The molecule has 0 amide bonds. The Morgan fingerprint density at radius 1 is 1.12 bits per heavy atom. The second kappa shape index (κ2) is 7.03. The molecule has 0 aliphatic carbocycles. The van der Waals surface area contributed by atoms with Gasteiger partial charge in [-0.1, -0.05) is 30.3 Å². The van der Waals surface area contributed by atoms with Gasteiger partial charge in [0.15, 0.2) is 0 Å². The Kier molecular flexibility index (Phi) is 4.81. The number of fused-ring (bicyclic) bond motifs is 1. The molecule has 0 aliphatic rings. The third-order valence-electron chi connectivity index (χ3n) is 4.00. The number of carbonyl (C=O) groups excluding carboxylic acids is 1. The summed E-state index contributed by atoms with van der Waals surface area (Å²) >= 11 is 1.25. The highest BCUT2D eigenvalue weighted by Crippen LogP contribution is 2.39. The SMILES string of the molecule is CCOC(=O)c1sc(N=Nc2c(O)ccc3ccccc23)c(C)c1C. The molecule has 0 radical (unpaired) electrons. The van der Waals surface area contributed by atoms with Crippen molar-refractivity contribution in [2.75, 3.05) is 6.61 Å². The van der Waals surface area contributed by atoms with E-state index in [-0.39, 0.29) is 11.7 Å². The standard InChI is InChI=1S/C19H18N2O3S/c1-4-24-19(23)17-11(2)12(3)18(25-17)21-20-16-14-8-6-5-7-13(14)9-10-15(16)22/h5-10,22H,4H2,1-3H3. The number of carbonyl (C=O) groups is 1. The van der Waals surface area contributed by atoms with E-state index in [1.54, 1.807) is 13.0 Å². The first-order chi connectivity index (χ1) is 12.0. The first-order valence-corrected chi connectivity index (χ1v) is 8.74. The molecule has 128 valence electrons. The van der Waals surface area contributed by atoms with Gasteiger partial charge in [0, 0.05) is 5.39 Å². The normalized spacial score (nSPS) is 11.3. The molecule has 1 aromatic heterocycles. The number of nitrogens with zero attached hydrogens (tertiary/aromatic N) is 2. The van der Waals surface area contributed by atoms with E-state index < -0.39 is 0 Å². The summed E-state index contributed by atoms with van der Waals surface area (Å²) in [6.45, 7) is 5.87. The van der Waals surface area contributed by atoms with Crippen molar-refractivity contribution in [2.24, 2.45) is 10.2 Å². The van der Waals surface area contributed by atoms with Crippen molar-refractivity contribution in [2.45, 2.75) is 20.8 Å². The Morgan fingerprint density at radius 3 is 2.64 bits per heavy atom. The van der Waals surface area contributed by atoms with Crippen molar-refractivity contribution in [3.05, 3.63) is 52.4 Å². The maximum atomic E-state index is 12.0. The van der Waals surface area contributed by atoms with Crippen molar-refractivity contribution in [1.29, 1.82) is 0 Å². The van der Waals surface area contributed by atoms with Gasteiger partial charge in [0.1, 0.15) is 21.3 Å². The van der Waals surface area contributed by atoms with Gasteiger partial charge in [0.25, 0.3) is 0 Å². The van der Waals surface area contributed by atoms with Gasteiger partial charge in [0.05, 0.1) is 6.61 Å². The summed E-state index contributed by atoms with van der Waals surface area (Å²) in [4.78, 5) is 12.5. The molecule has 2 aromatic carbocycles. The number of esters is 1. The van der Waals surface area contributed by atoms with Gasteiger partial charge in [0.2, 0.25) is 0 Å². The van der Waals surface area contributed by atoms with E-state index in [4.69, 9.17) is 4.74 Å². The summed E-state index contributed by atoms with van der Waals surface area (Å²) in [5.74, 6) is -0.276. The minimum absolute atomic E-state index is 0.0685. The number of benzene rings is 2. The van der Waals surface area contributed by atoms with Crippen LogP contribution in [-0.2, 0) is 4.74 Å². The zero-order valence-electron chi connectivity index (χ0n) is 14.2. The minimum atomic E-state index is -0.345. The zero-order chi connectivity index (χ0) is 18.0. The minimum Gasteiger partial charge on any atom is -0.506 e. The molecule has 0 spiro atoms. The maximum absolute atomic E-state index is 12.0. The Balaban J connectivity index is 2.02. The highest BCUT2D eigenvalue weighted by molar-refractivity contribution is 7.18. The molecule has 0 saturated carbocycles. The smallest absolute Gasteiger partial charge is 0.348 e. The van der Waals surface area contributed by atoms with Crippen molar-refractivity contribution >= 4 is 38.8 Å². The van der Waals surface area contributed by atoms with Crippen LogP contribution in [-0.4, -0.2) is 17.7 Å². The third-order valence-corrected chi connectivity index (χ3v) is 5.26. The van der Waals surface area contributed by atoms with Gasteiger partial charge in [-0.3, -0.25) is 0 Å². The fraction of sp³-hybridized carbons (Fsp3) is 0.211. The number of phenolic OH excluding ortho intramolecular Hbond substituents is 1. The van der Waals surface area contributed by atoms with Gasteiger partial charge in [-0.25, -0.2) is 4.79 Å². The predicted molar refractivity (Wildman–Crippen MR) is 99.5 cm³/mol. The van der Waals surface area contributed by atoms with Crippen LogP contribution in [0.2, 0.25) is 0 Å². The largest absolute Gasteiger partial charge is 0.506 e. The number of ether oxygens (including phenoxy) is 1. The lowest BCUT2D eigenvalue weighted by Crippen LogP contribution is -2.03. The molecule has 25 heavy (non-hydrogen) atoms. The van der Waals surface area contributed by atoms with Gasteiger partial charge >= 0.3 is 5.97 Å². The second-order valence-corrected chi connectivity index (χ2v) is 6.56. The van der Waals surface area contributed by atoms with Crippen LogP contribution in [0, 0.1) is 13.8 Å². The molecule has 0 aliphatic heterocycles. The monoisotopic (exact) mass is 354 g/mol. The molecule has 0 bridgehead atoms. The van der Waals surface area contributed by atoms with Crippen LogP contribution in [0.25, 0.3) is 10.8 Å². The number of azo groups is 1. The lowest BCUT2D eigenvalue weighted by atomic mass is 10.1. The van der Waals surface area contributed by atoms with Crippen LogP contribution in [0.3, 0.4) is 0 Å². The number of thiophene rings is 1. The molecule has 6 heteroatoms. The summed E-state index contributed by atoms with van der Waals surface area (Å²) in [5, 5.41) is 21.1. The summed E-state index contributed by atoms with van der Waals surface area (Å²) in [6, 6.07) is 11.1. The summed E-state index contributed by atoms with van der Waals surface area (Å²) in [7, 11) is 0. The van der Waals surface area contributed by atoms with Crippen LogP contribution in [0.5, 0.6) is 5.75 Å². The van der Waals surface area contributed by atoms with Crippen molar-refractivity contribution < 1.29 is 14.6 Å². The topological polar surface area (TPSA) is 71.2 Å². The molecule has 0 saturated heterocycles. The van der Waals surface area contributed by atoms with Crippen molar-refractivity contribution in [3.63, 3.8) is 0 Å². The first kappa shape index (κ1) is 17.1. The fourth-order valence-corrected chi connectivity index (χ4v) is 3.54. The van der Waals surface area contributed by atoms with Gasteiger partial charge < -0.3 is 9.84 Å². The van der Waals surface area contributed by atoms with Crippen LogP contribution >= 0.6 is 11.3 Å². The Morgan fingerprint density at radius 2 is 1.88 bits per heavy atom. The number of hydrogen-bond donors (Lipinski definition) is 1. The highest BCUT2D eigenvalue weighted by atomic mass is 32.1. The van der Waals surface area contributed by atoms with E-state index in [0.717, 1.165) is 21.9 Å². The van der Waals surface area contributed by atoms with E-state index in [2.05, 4.69) is 10.2 Å². The lowest BCUT2D eigenvalue weighted by Gasteiger charge is -2.03. The number of phenols is 1. The summed E-state index contributed by atoms with van der Waals surface area (Å²) in [5.41, 5.74) is 2.15. The second-order valence-electron chi connectivity index (χ2n) is 5.56. The van der Waals surface area contributed by atoms with Gasteiger partial charge in [-0.15, -0.1) is 21.6 Å². The number of aromatic hydroxyl groups is 1. The molecule has 5 nitrogen and oxygen atoms in total. The molecule has 1 N–H and O–H groups in total. The first-order valence-electron chi connectivity index (χ1n) is 7.92. The van der Waals surface area contributed by atoms with Gasteiger partial charge in [-0.05, 0) is 43.4 Å². The number of hydrogen-bond acceptors (Lipinski definition) is 6. The van der Waals surface area contributed by atoms with Crippen LogP contribution in [0.1, 0.15) is 27.7 Å². The average molecular weight is 354 g/mol. The molecule has 0 unspecified atom stereocenters. The van der Waals surface area contributed by atoms with Crippen LogP contribution < -0.4 is 0 Å². The van der Waals surface area contributed by atoms with Crippen LogP contribution in [0.15, 0.2) is 46.6 Å². The Labute approximate surface area is 149 Å². The molecule has 0 fully saturated rings. The molecular formula is C19H18N2O3S. The Bertz CT molecular complexity index is 976. The van der Waals surface area contributed by atoms with E-state index in [1.807, 2.05) is 44.2 Å². The molecular weight excluding hydrogens is 336 g/mol. The van der Waals surface area contributed by atoms with E-state index in [0.29, 0.717) is 22.2 Å². The zero-order valence-corrected chi connectivity index (χ0v) is 15.1. The van der Waals surface area contributed by atoms with E-state index in [1.165, 1.54) is 11.3 Å². The molecule has 0 atom stereocenters. The molecule has 3 rings (SSSR count). The molecule has 1 heterocycles. The lowest BCUT2D eigenvalue weighted by molar-refractivity contribution is 0.0531. The van der Waals surface area contributed by atoms with E-state index >= 15 is 0 Å². The summed E-state index contributed by atoms with van der Waals surface area (Å²) in [6.07, 6.45) is 0. The number of rotatable bonds is 4. The summed E-state index contributed by atoms with van der Waals surface area (Å²) < 4.78 is 5.08. The van der Waals surface area contributed by atoms with E-state index in [9.17, 15) is 9.90 Å². The van der Waals surface area contributed by atoms with Crippen molar-refractivity contribution in [1.82, 2.24) is 0 Å². The average Bonchev–Trinajstić information content (AvgIpc) is 2.89. The quantitative estimate of drug-likeness (QED) is 0.474. The maximum Gasteiger partial charge on any atom is 0.348 e. The molecule has 3 aromatic rings. The van der Waals surface area contributed by atoms with Gasteiger partial charge in [-0.2, -0.15) is 0 Å². The fourth-order valence-electron chi connectivity index (χ4n) is 2.51. The highest BCUT2D eigenvalue weighted by Gasteiger charge is 2.18. The Hall–Kier alpha value is -2.73. The van der Waals surface area contributed by atoms with Crippen molar-refractivity contribution in [3.8, 4) is 5.75 Å².